The summed E-state index contributed by atoms with van der Waals surface area (Å²) in [6.07, 6.45) is 3.80. The van der Waals surface area contributed by atoms with Gasteiger partial charge in [0.1, 0.15) is 5.75 Å². The van der Waals surface area contributed by atoms with Crippen molar-refractivity contribution < 1.29 is 9.53 Å². The zero-order chi connectivity index (χ0) is 12.8. The first-order valence-electron chi connectivity index (χ1n) is 6.79. The Morgan fingerprint density at radius 1 is 1.44 bits per heavy atom. The number of carbonyl (C=O) groups excluding carboxylic acids is 1. The molecule has 0 bridgehead atoms. The van der Waals surface area contributed by atoms with Crippen molar-refractivity contribution in [2.24, 2.45) is 0 Å². The summed E-state index contributed by atoms with van der Waals surface area (Å²) >= 11 is 0. The van der Waals surface area contributed by atoms with Crippen LogP contribution in [0.5, 0.6) is 5.75 Å². The molecule has 1 saturated heterocycles. The molecule has 1 aromatic rings. The Labute approximate surface area is 109 Å². The molecule has 1 N–H and O–H groups in total. The standard InChI is InChI=1S/C15H21NO2/c1-2-10-18-15-8-4-3-7-13(15)14(17)11-12-6-5-9-16-12/h3-4,7-8,12,16H,2,5-6,9-11H2,1H3. The highest BCUT2D eigenvalue weighted by molar-refractivity contribution is 5.99. The van der Waals surface area contributed by atoms with Gasteiger partial charge in [-0.1, -0.05) is 19.1 Å². The van der Waals surface area contributed by atoms with E-state index in [1.165, 1.54) is 6.42 Å². The third kappa shape index (κ3) is 3.33. The van der Waals surface area contributed by atoms with Crippen molar-refractivity contribution in [3.05, 3.63) is 29.8 Å². The Kier molecular flexibility index (Phi) is 4.76. The number of hydrogen-bond donors (Lipinski definition) is 1. The number of rotatable bonds is 6. The van der Waals surface area contributed by atoms with Crippen LogP contribution in [0.2, 0.25) is 0 Å². The van der Waals surface area contributed by atoms with Crippen LogP contribution < -0.4 is 10.1 Å². The zero-order valence-corrected chi connectivity index (χ0v) is 10.9. The van der Waals surface area contributed by atoms with Crippen LogP contribution in [0.25, 0.3) is 0 Å². The van der Waals surface area contributed by atoms with Crippen LogP contribution in [0, 0.1) is 0 Å². The maximum absolute atomic E-state index is 12.3. The van der Waals surface area contributed by atoms with Crippen LogP contribution in [0.3, 0.4) is 0 Å². The number of ether oxygens (including phenoxy) is 1. The zero-order valence-electron chi connectivity index (χ0n) is 10.9. The molecule has 1 unspecified atom stereocenters. The number of nitrogens with one attached hydrogen (secondary N) is 1. The average molecular weight is 247 g/mol. The first kappa shape index (κ1) is 13.1. The van der Waals surface area contributed by atoms with Crippen molar-refractivity contribution in [1.82, 2.24) is 5.32 Å². The SMILES string of the molecule is CCCOc1ccccc1C(=O)CC1CCCN1. The summed E-state index contributed by atoms with van der Waals surface area (Å²) < 4.78 is 5.63. The van der Waals surface area contributed by atoms with E-state index < -0.39 is 0 Å². The first-order valence-corrected chi connectivity index (χ1v) is 6.79. The minimum atomic E-state index is 0.182. The van der Waals surface area contributed by atoms with Crippen molar-refractivity contribution in [3.8, 4) is 5.75 Å². The van der Waals surface area contributed by atoms with Gasteiger partial charge in [-0.05, 0) is 37.9 Å². The number of Topliss-reactive ketones (excluding diaryl/α,β-unsaturated/α-hetero) is 1. The number of carbonyl (C=O) groups is 1. The number of para-hydroxylation sites is 1. The molecule has 2 rings (SSSR count). The molecular formula is C15H21NO2. The highest BCUT2D eigenvalue weighted by Gasteiger charge is 2.20. The Morgan fingerprint density at radius 2 is 2.28 bits per heavy atom. The summed E-state index contributed by atoms with van der Waals surface area (Å²) in [5, 5.41) is 3.36. The molecule has 0 amide bonds. The monoisotopic (exact) mass is 247 g/mol. The smallest absolute Gasteiger partial charge is 0.168 e. The molecule has 98 valence electrons. The van der Waals surface area contributed by atoms with Crippen molar-refractivity contribution in [2.75, 3.05) is 13.2 Å². The molecule has 1 aliphatic rings. The lowest BCUT2D eigenvalue weighted by Crippen LogP contribution is -2.24. The molecule has 0 radical (unpaired) electrons. The molecule has 0 aliphatic carbocycles. The molecule has 3 heteroatoms. The fourth-order valence-corrected chi connectivity index (χ4v) is 2.30. The molecule has 1 aliphatic heterocycles. The number of hydrogen-bond acceptors (Lipinski definition) is 3. The summed E-state index contributed by atoms with van der Waals surface area (Å²) in [6, 6.07) is 7.90. The van der Waals surface area contributed by atoms with Gasteiger partial charge in [0.05, 0.1) is 12.2 Å². The van der Waals surface area contributed by atoms with Crippen molar-refractivity contribution in [1.29, 1.82) is 0 Å². The van der Waals surface area contributed by atoms with Gasteiger partial charge in [-0.25, -0.2) is 0 Å². The maximum atomic E-state index is 12.3. The van der Waals surface area contributed by atoms with Gasteiger partial charge in [0.25, 0.3) is 0 Å². The quantitative estimate of drug-likeness (QED) is 0.786. The van der Waals surface area contributed by atoms with Gasteiger partial charge in [-0.15, -0.1) is 0 Å². The average Bonchev–Trinajstić information content (AvgIpc) is 2.89. The minimum Gasteiger partial charge on any atom is -0.493 e. The molecular weight excluding hydrogens is 226 g/mol. The predicted molar refractivity (Wildman–Crippen MR) is 72.2 cm³/mol. The van der Waals surface area contributed by atoms with Gasteiger partial charge in [0.15, 0.2) is 5.78 Å². The van der Waals surface area contributed by atoms with Gasteiger partial charge in [-0.3, -0.25) is 4.79 Å². The Morgan fingerprint density at radius 3 is 3.00 bits per heavy atom. The molecule has 0 aromatic heterocycles. The molecule has 1 fully saturated rings. The molecule has 3 nitrogen and oxygen atoms in total. The van der Waals surface area contributed by atoms with E-state index in [2.05, 4.69) is 12.2 Å². The number of benzene rings is 1. The molecule has 18 heavy (non-hydrogen) atoms. The van der Waals surface area contributed by atoms with Crippen LogP contribution >= 0.6 is 0 Å². The van der Waals surface area contributed by atoms with E-state index in [0.29, 0.717) is 19.1 Å². The van der Waals surface area contributed by atoms with Gasteiger partial charge in [0, 0.05) is 12.5 Å². The second kappa shape index (κ2) is 6.55. The van der Waals surface area contributed by atoms with Crippen molar-refractivity contribution in [2.45, 2.75) is 38.6 Å². The second-order valence-corrected chi connectivity index (χ2v) is 4.77. The van der Waals surface area contributed by atoms with E-state index in [9.17, 15) is 4.79 Å². The van der Waals surface area contributed by atoms with Crippen molar-refractivity contribution >= 4 is 5.78 Å². The number of ketones is 1. The van der Waals surface area contributed by atoms with Crippen LogP contribution in [-0.2, 0) is 0 Å². The van der Waals surface area contributed by atoms with E-state index in [4.69, 9.17) is 4.74 Å². The largest absolute Gasteiger partial charge is 0.493 e. The Balaban J connectivity index is 2.03. The lowest BCUT2D eigenvalue weighted by atomic mass is 10.0. The van der Waals surface area contributed by atoms with Crippen LogP contribution in [0.15, 0.2) is 24.3 Å². The second-order valence-electron chi connectivity index (χ2n) is 4.77. The van der Waals surface area contributed by atoms with Crippen LogP contribution in [-0.4, -0.2) is 25.0 Å². The Bertz CT molecular complexity index is 397. The summed E-state index contributed by atoms with van der Waals surface area (Å²) in [5.41, 5.74) is 0.722. The predicted octanol–water partition coefficient (Wildman–Crippen LogP) is 2.80. The van der Waals surface area contributed by atoms with Crippen LogP contribution in [0.1, 0.15) is 43.0 Å². The molecule has 0 spiro atoms. The van der Waals surface area contributed by atoms with Gasteiger partial charge in [0.2, 0.25) is 0 Å². The molecule has 1 heterocycles. The van der Waals surface area contributed by atoms with E-state index in [1.54, 1.807) is 0 Å². The lowest BCUT2D eigenvalue weighted by Gasteiger charge is -2.12. The first-order chi connectivity index (χ1) is 8.81. The molecule has 1 atom stereocenters. The third-order valence-corrected chi connectivity index (χ3v) is 3.24. The van der Waals surface area contributed by atoms with Crippen molar-refractivity contribution in [3.63, 3.8) is 0 Å². The van der Waals surface area contributed by atoms with E-state index in [1.807, 2.05) is 24.3 Å². The minimum absolute atomic E-state index is 0.182. The maximum Gasteiger partial charge on any atom is 0.168 e. The van der Waals surface area contributed by atoms with E-state index >= 15 is 0 Å². The topological polar surface area (TPSA) is 38.3 Å². The summed E-state index contributed by atoms with van der Waals surface area (Å²) in [4.78, 5) is 12.3. The molecule has 1 aromatic carbocycles. The van der Waals surface area contributed by atoms with E-state index in [0.717, 1.165) is 30.7 Å². The van der Waals surface area contributed by atoms with Gasteiger partial charge >= 0.3 is 0 Å². The lowest BCUT2D eigenvalue weighted by molar-refractivity contribution is 0.0967. The third-order valence-electron chi connectivity index (χ3n) is 3.24. The summed E-state index contributed by atoms with van der Waals surface area (Å²) in [6.45, 7) is 3.75. The Hall–Kier alpha value is -1.35. The fourth-order valence-electron chi connectivity index (χ4n) is 2.30. The summed E-state index contributed by atoms with van der Waals surface area (Å²) in [5.74, 6) is 0.906. The molecule has 0 saturated carbocycles. The highest BCUT2D eigenvalue weighted by Crippen LogP contribution is 2.22. The van der Waals surface area contributed by atoms with Gasteiger partial charge < -0.3 is 10.1 Å². The van der Waals surface area contributed by atoms with Gasteiger partial charge in [-0.2, -0.15) is 0 Å². The summed E-state index contributed by atoms with van der Waals surface area (Å²) in [7, 11) is 0. The van der Waals surface area contributed by atoms with Crippen LogP contribution in [0.4, 0.5) is 0 Å². The fraction of sp³-hybridized carbons (Fsp3) is 0.533. The highest BCUT2D eigenvalue weighted by atomic mass is 16.5. The normalized spacial score (nSPS) is 18.8. The van der Waals surface area contributed by atoms with E-state index in [-0.39, 0.29) is 5.78 Å².